The summed E-state index contributed by atoms with van der Waals surface area (Å²) in [6.45, 7) is 14.9. The number of hydrogen-bond donors (Lipinski definition) is 0. The van der Waals surface area contributed by atoms with Gasteiger partial charge in [0.05, 0.1) is 0 Å². The highest BCUT2D eigenvalue weighted by atomic mass is 19.1. The van der Waals surface area contributed by atoms with Crippen LogP contribution in [0.4, 0.5) is 4.39 Å². The maximum atomic E-state index is 14.1. The fourth-order valence-corrected chi connectivity index (χ4v) is 2.50. The van der Waals surface area contributed by atoms with Gasteiger partial charge in [-0.1, -0.05) is 47.6 Å². The van der Waals surface area contributed by atoms with E-state index in [2.05, 4.69) is 48.5 Å². The van der Waals surface area contributed by atoms with Crippen LogP contribution in [0, 0.1) is 12.7 Å². The van der Waals surface area contributed by atoms with E-state index in [0.717, 1.165) is 17.5 Å². The molecule has 0 spiro atoms. The van der Waals surface area contributed by atoms with E-state index < -0.39 is 0 Å². The Morgan fingerprint density at radius 3 is 2.00 bits per heavy atom. The van der Waals surface area contributed by atoms with E-state index in [1.807, 2.05) is 6.07 Å². The number of rotatable bonds is 2. The Morgan fingerprint density at radius 2 is 1.59 bits per heavy atom. The molecule has 0 heterocycles. The highest BCUT2D eigenvalue weighted by Crippen LogP contribution is 2.36. The fourth-order valence-electron chi connectivity index (χ4n) is 2.50. The van der Waals surface area contributed by atoms with Crippen LogP contribution in [0.15, 0.2) is 12.1 Å². The predicted octanol–water partition coefficient (Wildman–Crippen LogP) is 5.12. The molecule has 1 rings (SSSR count). The summed E-state index contributed by atoms with van der Waals surface area (Å²) < 4.78 is 14.1. The van der Waals surface area contributed by atoms with E-state index in [1.165, 1.54) is 5.56 Å². The van der Waals surface area contributed by atoms with Gasteiger partial charge in [0.2, 0.25) is 0 Å². The zero-order chi connectivity index (χ0) is 13.4. The maximum absolute atomic E-state index is 14.1. The Kier molecular flexibility index (Phi) is 3.71. The molecule has 0 aromatic heterocycles. The third-order valence-electron chi connectivity index (χ3n) is 3.78. The minimum Gasteiger partial charge on any atom is -0.207 e. The van der Waals surface area contributed by atoms with Gasteiger partial charge >= 0.3 is 0 Å². The van der Waals surface area contributed by atoms with Gasteiger partial charge < -0.3 is 0 Å². The van der Waals surface area contributed by atoms with Crippen LogP contribution in [-0.2, 0) is 10.8 Å². The zero-order valence-electron chi connectivity index (χ0n) is 12.2. The Morgan fingerprint density at radius 1 is 1.06 bits per heavy atom. The summed E-state index contributed by atoms with van der Waals surface area (Å²) in [5.41, 5.74) is 3.21. The van der Waals surface area contributed by atoms with Gasteiger partial charge in [0.1, 0.15) is 5.82 Å². The van der Waals surface area contributed by atoms with E-state index >= 15 is 0 Å². The third-order valence-corrected chi connectivity index (χ3v) is 3.78. The van der Waals surface area contributed by atoms with Crippen LogP contribution >= 0.6 is 0 Å². The molecule has 0 N–H and O–H groups in total. The lowest BCUT2D eigenvalue weighted by Crippen LogP contribution is -2.23. The Bertz CT molecular complexity index is 408. The van der Waals surface area contributed by atoms with Gasteiger partial charge in [-0.2, -0.15) is 0 Å². The van der Waals surface area contributed by atoms with Crippen molar-refractivity contribution in [2.24, 2.45) is 0 Å². The molecule has 0 atom stereocenters. The van der Waals surface area contributed by atoms with Crippen LogP contribution < -0.4 is 0 Å². The molecular formula is C16H25F. The molecule has 0 unspecified atom stereocenters. The first-order valence-corrected chi connectivity index (χ1v) is 6.41. The smallest absolute Gasteiger partial charge is 0.127 e. The van der Waals surface area contributed by atoms with Gasteiger partial charge in [-0.3, -0.25) is 0 Å². The van der Waals surface area contributed by atoms with Crippen LogP contribution in [0.2, 0.25) is 0 Å². The van der Waals surface area contributed by atoms with Gasteiger partial charge in [0, 0.05) is 0 Å². The van der Waals surface area contributed by atoms with Crippen LogP contribution in [0.5, 0.6) is 0 Å². The summed E-state index contributed by atoms with van der Waals surface area (Å²) in [5.74, 6) is -0.0673. The molecule has 1 aromatic rings. The number of benzene rings is 1. The number of halogens is 1. The normalized spacial score (nSPS) is 12.9. The molecule has 0 saturated carbocycles. The van der Waals surface area contributed by atoms with Gasteiger partial charge in [0.25, 0.3) is 0 Å². The van der Waals surface area contributed by atoms with Gasteiger partial charge in [0.15, 0.2) is 0 Å². The number of hydrogen-bond acceptors (Lipinski definition) is 0. The van der Waals surface area contributed by atoms with Crippen LogP contribution in [0.3, 0.4) is 0 Å². The van der Waals surface area contributed by atoms with Crippen molar-refractivity contribution in [1.82, 2.24) is 0 Å². The average molecular weight is 236 g/mol. The lowest BCUT2D eigenvalue weighted by molar-refractivity contribution is 0.461. The third kappa shape index (κ3) is 2.70. The quantitative estimate of drug-likeness (QED) is 0.668. The summed E-state index contributed by atoms with van der Waals surface area (Å²) in [5, 5.41) is 0. The average Bonchev–Trinajstić information content (AvgIpc) is 2.15. The van der Waals surface area contributed by atoms with Crippen molar-refractivity contribution >= 4 is 0 Å². The SMILES string of the molecule is CCC(C)(C)c1c(F)ccc(C(C)(C)C)c1C. The molecule has 96 valence electrons. The van der Waals surface area contributed by atoms with Crippen molar-refractivity contribution in [3.8, 4) is 0 Å². The lowest BCUT2D eigenvalue weighted by atomic mass is 9.74. The van der Waals surface area contributed by atoms with Crippen molar-refractivity contribution in [2.75, 3.05) is 0 Å². The standard InChI is InChI=1S/C16H25F/c1-8-16(6,7)14-11(2)12(15(3,4)5)9-10-13(14)17/h9-10H,8H2,1-7H3. The molecule has 0 bridgehead atoms. The molecule has 0 aliphatic carbocycles. The van der Waals surface area contributed by atoms with Gasteiger partial charge in [-0.25, -0.2) is 4.39 Å². The summed E-state index contributed by atoms with van der Waals surface area (Å²) >= 11 is 0. The van der Waals surface area contributed by atoms with Gasteiger partial charge in [-0.05, 0) is 46.9 Å². The lowest BCUT2D eigenvalue weighted by Gasteiger charge is -2.30. The summed E-state index contributed by atoms with van der Waals surface area (Å²) in [6.07, 6.45) is 0.943. The summed E-state index contributed by atoms with van der Waals surface area (Å²) in [4.78, 5) is 0. The van der Waals surface area contributed by atoms with Crippen LogP contribution in [0.25, 0.3) is 0 Å². The molecule has 0 radical (unpaired) electrons. The molecule has 17 heavy (non-hydrogen) atoms. The molecule has 1 aromatic carbocycles. The topological polar surface area (TPSA) is 0 Å². The highest BCUT2D eigenvalue weighted by molar-refractivity contribution is 5.42. The summed E-state index contributed by atoms with van der Waals surface area (Å²) in [6, 6.07) is 3.56. The minimum atomic E-state index is -0.102. The molecule has 1 heteroatoms. The molecular weight excluding hydrogens is 211 g/mol. The second-order valence-corrected chi connectivity index (χ2v) is 6.58. The molecule has 0 saturated heterocycles. The van der Waals surface area contributed by atoms with E-state index in [1.54, 1.807) is 6.07 Å². The van der Waals surface area contributed by atoms with Crippen LogP contribution in [0.1, 0.15) is 64.7 Å². The van der Waals surface area contributed by atoms with Gasteiger partial charge in [-0.15, -0.1) is 0 Å². The Balaban J connectivity index is 3.51. The second-order valence-electron chi connectivity index (χ2n) is 6.58. The van der Waals surface area contributed by atoms with Crippen molar-refractivity contribution in [2.45, 2.75) is 65.7 Å². The van der Waals surface area contributed by atoms with E-state index in [4.69, 9.17) is 0 Å². The fraction of sp³-hybridized carbons (Fsp3) is 0.625. The van der Waals surface area contributed by atoms with E-state index in [9.17, 15) is 4.39 Å². The second kappa shape index (κ2) is 4.44. The highest BCUT2D eigenvalue weighted by Gasteiger charge is 2.28. The van der Waals surface area contributed by atoms with Crippen molar-refractivity contribution < 1.29 is 4.39 Å². The molecule has 0 fully saturated rings. The van der Waals surface area contributed by atoms with E-state index in [-0.39, 0.29) is 16.6 Å². The Hall–Kier alpha value is -0.850. The first-order chi connectivity index (χ1) is 7.61. The van der Waals surface area contributed by atoms with Crippen molar-refractivity contribution in [3.63, 3.8) is 0 Å². The van der Waals surface area contributed by atoms with Crippen molar-refractivity contribution in [3.05, 3.63) is 34.6 Å². The first kappa shape index (κ1) is 14.2. The Labute approximate surface area is 105 Å². The molecule has 0 amide bonds. The molecule has 0 aliphatic heterocycles. The first-order valence-electron chi connectivity index (χ1n) is 6.41. The van der Waals surface area contributed by atoms with E-state index in [0.29, 0.717) is 0 Å². The largest absolute Gasteiger partial charge is 0.207 e. The molecule has 0 aliphatic rings. The predicted molar refractivity (Wildman–Crippen MR) is 73.2 cm³/mol. The summed E-state index contributed by atoms with van der Waals surface area (Å²) in [7, 11) is 0. The van der Waals surface area contributed by atoms with Crippen LogP contribution in [-0.4, -0.2) is 0 Å². The minimum absolute atomic E-state index is 0.0658. The maximum Gasteiger partial charge on any atom is 0.127 e. The zero-order valence-corrected chi connectivity index (χ0v) is 12.2. The molecule has 0 nitrogen and oxygen atoms in total. The van der Waals surface area contributed by atoms with Crippen molar-refractivity contribution in [1.29, 1.82) is 0 Å². The monoisotopic (exact) mass is 236 g/mol.